The van der Waals surface area contributed by atoms with E-state index in [4.69, 9.17) is 4.74 Å². The molecule has 6 N–H and O–H groups in total. The third-order valence-corrected chi connectivity index (χ3v) is 11.0. The summed E-state index contributed by atoms with van der Waals surface area (Å²) in [4.78, 5) is 56.4. The molecule has 3 heterocycles. The summed E-state index contributed by atoms with van der Waals surface area (Å²) in [5.41, 5.74) is 0.206. The van der Waals surface area contributed by atoms with E-state index >= 15 is 0 Å². The van der Waals surface area contributed by atoms with Crippen LogP contribution in [0.2, 0.25) is 0 Å². The van der Waals surface area contributed by atoms with E-state index in [0.717, 1.165) is 18.4 Å². The number of pyridine rings is 1. The molecule has 2 saturated heterocycles. The summed E-state index contributed by atoms with van der Waals surface area (Å²) in [7, 11) is 0. The van der Waals surface area contributed by atoms with E-state index in [1.165, 1.54) is 36.4 Å². The number of phenolic OH excluding ortho intramolecular Hbond substituents is 1. The van der Waals surface area contributed by atoms with E-state index in [2.05, 4.69) is 10.3 Å². The van der Waals surface area contributed by atoms with E-state index < -0.39 is 17.7 Å². The number of phenols is 1. The number of fused-ring (bicyclic) bond motifs is 1. The van der Waals surface area contributed by atoms with Crippen LogP contribution in [-0.4, -0.2) is 98.9 Å². The SMILES string of the molecule is O=C(COc1cccc(C(O)(C(=O)O)c2ccccc2)c1)N1CC2(CCN(C(=O)c3ccc(CCNCC(O)c4ccc(O)c5[nH]c(=O)ccc45)cc3)CC2)C1. The third kappa shape index (κ3) is 7.87. The van der Waals surface area contributed by atoms with Gasteiger partial charge in [0.2, 0.25) is 11.2 Å². The van der Waals surface area contributed by atoms with Crippen LogP contribution < -0.4 is 15.6 Å². The third-order valence-electron chi connectivity index (χ3n) is 11.0. The number of likely N-dealkylation sites (tertiary alicyclic amines) is 2. The lowest BCUT2D eigenvalue weighted by Gasteiger charge is -2.53. The number of ether oxygens (including phenoxy) is 1. The summed E-state index contributed by atoms with van der Waals surface area (Å²) >= 11 is 0. The number of benzene rings is 4. The molecule has 0 saturated carbocycles. The van der Waals surface area contributed by atoms with Gasteiger partial charge in [-0.15, -0.1) is 0 Å². The van der Waals surface area contributed by atoms with E-state index in [1.807, 2.05) is 29.2 Å². The molecular formula is C43H44N4O9. The molecule has 2 atom stereocenters. The number of H-pyrrole nitrogens is 1. The summed E-state index contributed by atoms with van der Waals surface area (Å²) in [6.45, 7) is 2.99. The van der Waals surface area contributed by atoms with Crippen molar-refractivity contribution < 1.29 is 39.5 Å². The molecule has 7 rings (SSSR count). The number of nitrogens with zero attached hydrogens (tertiary/aromatic N) is 2. The number of aliphatic carboxylic acids is 1. The molecule has 5 aromatic rings. The normalized spacial score (nSPS) is 16.5. The van der Waals surface area contributed by atoms with Crippen molar-refractivity contribution in [1.29, 1.82) is 0 Å². The fraction of sp³-hybridized carbons (Fsp3) is 0.302. The Kier molecular flexibility index (Phi) is 10.9. The lowest BCUT2D eigenvalue weighted by Crippen LogP contribution is -2.62. The number of aliphatic hydroxyl groups is 2. The van der Waals surface area contributed by atoms with E-state index in [9.17, 15) is 39.6 Å². The second-order valence-electron chi connectivity index (χ2n) is 14.7. The first kappa shape index (κ1) is 38.3. The number of aromatic amines is 1. The number of hydrogen-bond donors (Lipinski definition) is 6. The van der Waals surface area contributed by atoms with Gasteiger partial charge in [0.25, 0.3) is 11.8 Å². The van der Waals surface area contributed by atoms with Crippen molar-refractivity contribution in [3.05, 3.63) is 141 Å². The average molecular weight is 761 g/mol. The minimum absolute atomic E-state index is 0.0277. The molecule has 2 amide bonds. The Morgan fingerprint density at radius 3 is 2.30 bits per heavy atom. The smallest absolute Gasteiger partial charge is 0.345 e. The van der Waals surface area contributed by atoms with Crippen LogP contribution in [0.3, 0.4) is 0 Å². The zero-order valence-electron chi connectivity index (χ0n) is 30.7. The number of piperidine rings is 1. The van der Waals surface area contributed by atoms with Crippen LogP contribution >= 0.6 is 0 Å². The van der Waals surface area contributed by atoms with E-state index in [1.54, 1.807) is 47.4 Å². The topological polar surface area (TPSA) is 193 Å². The van der Waals surface area contributed by atoms with Crippen molar-refractivity contribution in [3.8, 4) is 11.5 Å². The molecule has 0 radical (unpaired) electrons. The molecule has 0 bridgehead atoms. The first-order valence-corrected chi connectivity index (χ1v) is 18.6. The van der Waals surface area contributed by atoms with Crippen molar-refractivity contribution >= 4 is 28.7 Å². The van der Waals surface area contributed by atoms with Gasteiger partial charge in [-0.25, -0.2) is 4.79 Å². The molecule has 1 aromatic heterocycles. The number of aliphatic hydroxyl groups excluding tert-OH is 1. The lowest BCUT2D eigenvalue weighted by atomic mass is 9.72. The molecular weight excluding hydrogens is 716 g/mol. The number of carbonyl (C=O) groups excluding carboxylic acids is 2. The van der Waals surface area contributed by atoms with Crippen LogP contribution in [0.4, 0.5) is 0 Å². The van der Waals surface area contributed by atoms with Crippen LogP contribution in [0.15, 0.2) is 108 Å². The van der Waals surface area contributed by atoms with E-state index in [0.29, 0.717) is 61.2 Å². The van der Waals surface area contributed by atoms with Gasteiger partial charge in [-0.1, -0.05) is 60.7 Å². The number of carboxylic acids is 1. The Labute approximate surface area is 322 Å². The quantitative estimate of drug-likeness (QED) is 0.0968. The first-order chi connectivity index (χ1) is 27.0. The van der Waals surface area contributed by atoms with Crippen LogP contribution in [0.1, 0.15) is 51.6 Å². The van der Waals surface area contributed by atoms with Crippen LogP contribution in [0.25, 0.3) is 10.9 Å². The highest BCUT2D eigenvalue weighted by Crippen LogP contribution is 2.41. The number of rotatable bonds is 13. The molecule has 4 aromatic carbocycles. The number of aromatic hydroxyl groups is 1. The molecule has 0 aliphatic carbocycles. The molecule has 290 valence electrons. The van der Waals surface area contributed by atoms with Gasteiger partial charge >= 0.3 is 5.97 Å². The summed E-state index contributed by atoms with van der Waals surface area (Å²) in [5.74, 6) is -1.42. The Morgan fingerprint density at radius 1 is 0.875 bits per heavy atom. The molecule has 13 nitrogen and oxygen atoms in total. The van der Waals surface area contributed by atoms with Crippen molar-refractivity contribution in [1.82, 2.24) is 20.1 Å². The number of aromatic nitrogens is 1. The molecule has 2 aliphatic rings. The summed E-state index contributed by atoms with van der Waals surface area (Å²) in [5, 5.41) is 45.8. The van der Waals surface area contributed by atoms with Crippen LogP contribution in [0, 0.1) is 5.41 Å². The van der Waals surface area contributed by atoms with Gasteiger partial charge in [0, 0.05) is 60.7 Å². The van der Waals surface area contributed by atoms with Gasteiger partial charge in [0.05, 0.1) is 11.6 Å². The summed E-state index contributed by atoms with van der Waals surface area (Å²) in [6.07, 6.45) is 1.40. The largest absolute Gasteiger partial charge is 0.506 e. The number of carbonyl (C=O) groups is 3. The van der Waals surface area contributed by atoms with Crippen molar-refractivity contribution in [2.24, 2.45) is 5.41 Å². The first-order valence-electron chi connectivity index (χ1n) is 18.6. The fourth-order valence-corrected chi connectivity index (χ4v) is 7.71. The molecule has 13 heteroatoms. The second kappa shape index (κ2) is 16.0. The predicted octanol–water partition coefficient (Wildman–Crippen LogP) is 3.56. The summed E-state index contributed by atoms with van der Waals surface area (Å²) < 4.78 is 5.75. The fourth-order valence-electron chi connectivity index (χ4n) is 7.71. The standard InChI is InChI=1S/C43H44N4O9/c48-35-15-13-33(34-14-16-37(50)45-39(34)35)36(49)24-44-20-17-28-9-11-29(12-10-28)40(52)46-21-18-42(19-22-46)26-47(27-42)38(51)25-56-32-8-4-7-31(23-32)43(55,41(53)54)30-5-2-1-3-6-30/h1-16,23,36,44,48-49,55H,17-22,24-27H2,(H,45,50)(H,53,54). The van der Waals surface area contributed by atoms with Crippen molar-refractivity contribution in [2.75, 3.05) is 45.9 Å². The molecule has 2 unspecified atom stereocenters. The maximum atomic E-state index is 13.3. The van der Waals surface area contributed by atoms with Gasteiger partial charge in [0.1, 0.15) is 11.5 Å². The summed E-state index contributed by atoms with van der Waals surface area (Å²) in [6, 6.07) is 27.8. The molecule has 56 heavy (non-hydrogen) atoms. The molecule has 2 fully saturated rings. The number of hydrogen-bond acceptors (Lipinski definition) is 9. The molecule has 2 aliphatic heterocycles. The monoisotopic (exact) mass is 760 g/mol. The Hall–Kier alpha value is -6.02. The van der Waals surface area contributed by atoms with Crippen LogP contribution in [0.5, 0.6) is 11.5 Å². The van der Waals surface area contributed by atoms with E-state index in [-0.39, 0.29) is 58.6 Å². The molecule has 1 spiro atoms. The van der Waals surface area contributed by atoms with Gasteiger partial charge in [0.15, 0.2) is 6.61 Å². The highest BCUT2D eigenvalue weighted by atomic mass is 16.5. The highest BCUT2D eigenvalue weighted by molar-refractivity contribution is 5.94. The zero-order valence-corrected chi connectivity index (χ0v) is 30.7. The second-order valence-corrected chi connectivity index (χ2v) is 14.7. The van der Waals surface area contributed by atoms with Gasteiger partial charge in [-0.3, -0.25) is 14.4 Å². The average Bonchev–Trinajstić information content (AvgIpc) is 3.21. The predicted molar refractivity (Wildman–Crippen MR) is 207 cm³/mol. The minimum Gasteiger partial charge on any atom is -0.506 e. The van der Waals surface area contributed by atoms with Gasteiger partial charge < -0.3 is 45.3 Å². The van der Waals surface area contributed by atoms with Gasteiger partial charge in [-0.05, 0) is 78.9 Å². The minimum atomic E-state index is -2.28. The maximum absolute atomic E-state index is 13.3. The number of carboxylic acid groups (broad SMARTS) is 1. The van der Waals surface area contributed by atoms with Gasteiger partial charge in [-0.2, -0.15) is 0 Å². The highest BCUT2D eigenvalue weighted by Gasteiger charge is 2.47. The lowest BCUT2D eigenvalue weighted by molar-refractivity contribution is -0.155. The zero-order chi connectivity index (χ0) is 39.5. The van der Waals surface area contributed by atoms with Crippen LogP contribution in [-0.2, 0) is 21.6 Å². The Balaban J connectivity index is 0.837. The number of amides is 2. The maximum Gasteiger partial charge on any atom is 0.345 e. The number of nitrogens with one attached hydrogen (secondary N) is 2. The van der Waals surface area contributed by atoms with Crippen molar-refractivity contribution in [3.63, 3.8) is 0 Å². The Morgan fingerprint density at radius 2 is 1.59 bits per heavy atom. The van der Waals surface area contributed by atoms with Crippen molar-refractivity contribution in [2.45, 2.75) is 31.0 Å². The Bertz CT molecular complexity index is 2280.